The number of urea groups is 1. The summed E-state index contributed by atoms with van der Waals surface area (Å²) in [4.78, 5) is 17.5. The maximum absolute atomic E-state index is 12.9. The second-order valence-corrected chi connectivity index (χ2v) is 7.71. The maximum Gasteiger partial charge on any atom is 0.322 e. The minimum Gasteiger partial charge on any atom is -0.494 e. The largest absolute Gasteiger partial charge is 0.494 e. The van der Waals surface area contributed by atoms with Crippen molar-refractivity contribution < 1.29 is 9.53 Å². The number of nitrogens with zero attached hydrogens (tertiary/aromatic N) is 1. The zero-order valence-electron chi connectivity index (χ0n) is 15.0. The van der Waals surface area contributed by atoms with Gasteiger partial charge >= 0.3 is 6.03 Å². The molecule has 4 nitrogen and oxygen atoms in total. The van der Waals surface area contributed by atoms with E-state index >= 15 is 0 Å². The molecule has 1 aliphatic heterocycles. The minimum atomic E-state index is -0.0119. The number of anilines is 1. The average Bonchev–Trinajstić information content (AvgIpc) is 2.89. The first-order chi connectivity index (χ1) is 12.2. The molecule has 1 aliphatic rings. The Morgan fingerprint density at radius 1 is 1.20 bits per heavy atom. The van der Waals surface area contributed by atoms with Gasteiger partial charge in [0.05, 0.1) is 12.6 Å². The van der Waals surface area contributed by atoms with Gasteiger partial charge in [0.25, 0.3) is 0 Å². The molecule has 2 amide bonds. The van der Waals surface area contributed by atoms with Gasteiger partial charge in [0.1, 0.15) is 5.75 Å². The van der Waals surface area contributed by atoms with Crippen molar-refractivity contribution in [2.24, 2.45) is 0 Å². The molecule has 0 aliphatic carbocycles. The van der Waals surface area contributed by atoms with E-state index in [9.17, 15) is 4.79 Å². The molecule has 1 fully saturated rings. The van der Waals surface area contributed by atoms with Crippen LogP contribution in [0.1, 0.15) is 48.4 Å². The predicted octanol–water partition coefficient (Wildman–Crippen LogP) is 5.60. The molecule has 1 atom stereocenters. The van der Waals surface area contributed by atoms with E-state index in [4.69, 9.17) is 4.74 Å². The van der Waals surface area contributed by atoms with E-state index in [1.807, 2.05) is 36.1 Å². The summed E-state index contributed by atoms with van der Waals surface area (Å²) < 4.78 is 5.45. The minimum absolute atomic E-state index is 0.0119. The van der Waals surface area contributed by atoms with Crippen LogP contribution in [0.25, 0.3) is 0 Å². The van der Waals surface area contributed by atoms with Gasteiger partial charge in [-0.25, -0.2) is 4.79 Å². The number of carbonyl (C=O) groups excluding carboxylic acids is 1. The topological polar surface area (TPSA) is 41.6 Å². The molecule has 5 heteroatoms. The molecular formula is C20H26N2O2S. The third-order valence-corrected chi connectivity index (χ3v) is 5.62. The highest BCUT2D eigenvalue weighted by Crippen LogP contribution is 2.34. The molecule has 3 rings (SSSR count). The lowest BCUT2D eigenvalue weighted by atomic mass is 10.1. The number of benzene rings is 1. The molecule has 2 heterocycles. The van der Waals surface area contributed by atoms with Crippen molar-refractivity contribution in [3.8, 4) is 5.75 Å². The van der Waals surface area contributed by atoms with E-state index in [0.29, 0.717) is 6.61 Å². The Morgan fingerprint density at radius 2 is 2.00 bits per heavy atom. The summed E-state index contributed by atoms with van der Waals surface area (Å²) in [6.07, 6.45) is 4.47. The van der Waals surface area contributed by atoms with Crippen molar-refractivity contribution in [1.29, 1.82) is 0 Å². The average molecular weight is 359 g/mol. The number of rotatable bonds is 4. The van der Waals surface area contributed by atoms with Crippen LogP contribution in [0.5, 0.6) is 5.75 Å². The molecule has 0 bridgehead atoms. The Morgan fingerprint density at radius 3 is 2.68 bits per heavy atom. The van der Waals surface area contributed by atoms with Crippen LogP contribution in [0.3, 0.4) is 0 Å². The molecule has 0 spiro atoms. The predicted molar refractivity (Wildman–Crippen MR) is 104 cm³/mol. The molecule has 1 unspecified atom stereocenters. The number of nitrogens with one attached hydrogen (secondary N) is 1. The Hall–Kier alpha value is -2.01. The van der Waals surface area contributed by atoms with E-state index in [1.54, 1.807) is 11.3 Å². The van der Waals surface area contributed by atoms with Gasteiger partial charge in [0.2, 0.25) is 0 Å². The second kappa shape index (κ2) is 8.39. The zero-order valence-corrected chi connectivity index (χ0v) is 15.8. The number of aryl methyl sites for hydroxylation is 1. The molecular weight excluding hydrogens is 332 g/mol. The third-order valence-electron chi connectivity index (χ3n) is 4.52. The Bertz CT molecular complexity index is 696. The van der Waals surface area contributed by atoms with Crippen molar-refractivity contribution in [3.05, 3.63) is 46.2 Å². The molecule has 2 aromatic rings. The lowest BCUT2D eigenvalue weighted by molar-refractivity contribution is 0.190. The third kappa shape index (κ3) is 4.54. The van der Waals surface area contributed by atoms with Crippen LogP contribution in [0.2, 0.25) is 0 Å². The smallest absolute Gasteiger partial charge is 0.322 e. The fraction of sp³-hybridized carbons (Fsp3) is 0.450. The zero-order chi connectivity index (χ0) is 17.6. The fourth-order valence-electron chi connectivity index (χ4n) is 3.28. The lowest BCUT2D eigenvalue weighted by Crippen LogP contribution is -2.37. The van der Waals surface area contributed by atoms with Crippen molar-refractivity contribution in [1.82, 2.24) is 4.90 Å². The van der Waals surface area contributed by atoms with Crippen LogP contribution < -0.4 is 10.1 Å². The maximum atomic E-state index is 12.9. The van der Waals surface area contributed by atoms with Gasteiger partial charge in [0.15, 0.2) is 0 Å². The number of likely N-dealkylation sites (tertiary alicyclic amines) is 1. The second-order valence-electron chi connectivity index (χ2n) is 6.39. The van der Waals surface area contributed by atoms with E-state index in [2.05, 4.69) is 24.4 Å². The van der Waals surface area contributed by atoms with Crippen LogP contribution in [-0.4, -0.2) is 24.1 Å². The number of thiophene rings is 1. The summed E-state index contributed by atoms with van der Waals surface area (Å²) in [5, 5.41) is 3.05. The summed E-state index contributed by atoms with van der Waals surface area (Å²) in [5.41, 5.74) is 0.804. The number of carbonyl (C=O) groups is 1. The molecule has 134 valence electrons. The van der Waals surface area contributed by atoms with Crippen LogP contribution >= 0.6 is 11.3 Å². The van der Waals surface area contributed by atoms with Gasteiger partial charge in [-0.1, -0.05) is 12.8 Å². The van der Waals surface area contributed by atoms with Crippen LogP contribution in [0.15, 0.2) is 36.4 Å². The van der Waals surface area contributed by atoms with E-state index in [-0.39, 0.29) is 12.1 Å². The molecule has 0 radical (unpaired) electrons. The summed E-state index contributed by atoms with van der Waals surface area (Å²) in [6.45, 7) is 5.53. The van der Waals surface area contributed by atoms with Gasteiger partial charge in [-0.15, -0.1) is 11.3 Å². The van der Waals surface area contributed by atoms with Crippen molar-refractivity contribution in [2.45, 2.75) is 45.6 Å². The van der Waals surface area contributed by atoms with E-state index in [1.165, 1.54) is 22.6 Å². The van der Waals surface area contributed by atoms with Gasteiger partial charge < -0.3 is 15.0 Å². The normalized spacial score (nSPS) is 17.8. The van der Waals surface area contributed by atoms with E-state index in [0.717, 1.165) is 30.8 Å². The standard InChI is InChI=1S/C20H26N2O2S/c1-3-24-17-11-9-16(10-12-17)21-20(23)22-14-6-4-5-7-18(22)19-13-8-15(2)25-19/h8-13,18H,3-7,14H2,1-2H3,(H,21,23). The summed E-state index contributed by atoms with van der Waals surface area (Å²) in [6, 6.07) is 12.1. The highest BCUT2D eigenvalue weighted by Gasteiger charge is 2.27. The molecule has 1 saturated heterocycles. The highest BCUT2D eigenvalue weighted by atomic mass is 32.1. The van der Waals surface area contributed by atoms with Crippen LogP contribution in [-0.2, 0) is 0 Å². The summed E-state index contributed by atoms with van der Waals surface area (Å²) in [7, 11) is 0. The Labute approximate surface area is 153 Å². The molecule has 25 heavy (non-hydrogen) atoms. The van der Waals surface area contributed by atoms with Crippen LogP contribution in [0.4, 0.5) is 10.5 Å². The van der Waals surface area contributed by atoms with Gasteiger partial charge in [-0.05, 0) is 63.1 Å². The summed E-state index contributed by atoms with van der Waals surface area (Å²) in [5.74, 6) is 0.821. The van der Waals surface area contributed by atoms with Crippen LogP contribution in [0, 0.1) is 6.92 Å². The lowest BCUT2D eigenvalue weighted by Gasteiger charge is -2.29. The Balaban J connectivity index is 1.73. The first kappa shape index (κ1) is 17.8. The number of amides is 2. The molecule has 1 aromatic carbocycles. The number of hydrogen-bond donors (Lipinski definition) is 1. The summed E-state index contributed by atoms with van der Waals surface area (Å²) >= 11 is 1.80. The quantitative estimate of drug-likeness (QED) is 0.772. The fourth-order valence-corrected chi connectivity index (χ4v) is 4.30. The first-order valence-electron chi connectivity index (χ1n) is 9.04. The van der Waals surface area contributed by atoms with Gasteiger partial charge in [-0.2, -0.15) is 0 Å². The first-order valence-corrected chi connectivity index (χ1v) is 9.86. The van der Waals surface area contributed by atoms with Crippen molar-refractivity contribution in [3.63, 3.8) is 0 Å². The van der Waals surface area contributed by atoms with Crippen molar-refractivity contribution in [2.75, 3.05) is 18.5 Å². The van der Waals surface area contributed by atoms with Crippen molar-refractivity contribution >= 4 is 23.1 Å². The molecule has 1 N–H and O–H groups in total. The number of ether oxygens (including phenoxy) is 1. The number of hydrogen-bond acceptors (Lipinski definition) is 3. The van der Waals surface area contributed by atoms with Gasteiger partial charge in [-0.3, -0.25) is 0 Å². The highest BCUT2D eigenvalue weighted by molar-refractivity contribution is 7.12. The molecule has 1 aromatic heterocycles. The molecule has 0 saturated carbocycles. The van der Waals surface area contributed by atoms with Gasteiger partial charge in [0, 0.05) is 22.0 Å². The van der Waals surface area contributed by atoms with E-state index < -0.39 is 0 Å². The SMILES string of the molecule is CCOc1ccc(NC(=O)N2CCCCCC2c2ccc(C)s2)cc1. The Kier molecular flexibility index (Phi) is 5.97. The monoisotopic (exact) mass is 358 g/mol.